The molecule has 3 amide bonds. The predicted octanol–water partition coefficient (Wildman–Crippen LogP) is 5.82. The van der Waals surface area contributed by atoms with Crippen molar-refractivity contribution in [3.8, 4) is 11.3 Å². The molecule has 14 heteroatoms. The Morgan fingerprint density at radius 2 is 1.78 bits per heavy atom. The van der Waals surface area contributed by atoms with Crippen LogP contribution in [0.2, 0.25) is 0 Å². The molecular weight excluding hydrogens is 655 g/mol. The highest BCUT2D eigenvalue weighted by Crippen LogP contribution is 2.33. The second-order valence-electron chi connectivity index (χ2n) is 11.7. The highest BCUT2D eigenvalue weighted by molar-refractivity contribution is 8.18. The van der Waals surface area contributed by atoms with Gasteiger partial charge in [-0.15, -0.1) is 0 Å². The number of thioether (sulfide) groups is 1. The van der Waals surface area contributed by atoms with Gasteiger partial charge in [0.05, 0.1) is 27.6 Å². The molecule has 10 nitrogen and oxygen atoms in total. The molecule has 49 heavy (non-hydrogen) atoms. The van der Waals surface area contributed by atoms with Gasteiger partial charge < -0.3 is 15.5 Å². The van der Waals surface area contributed by atoms with Gasteiger partial charge in [0.25, 0.3) is 17.1 Å². The van der Waals surface area contributed by atoms with E-state index in [1.807, 2.05) is 35.2 Å². The first kappa shape index (κ1) is 33.8. The van der Waals surface area contributed by atoms with Crippen molar-refractivity contribution < 1.29 is 27.6 Å². The van der Waals surface area contributed by atoms with Gasteiger partial charge in [-0.2, -0.15) is 13.2 Å². The lowest BCUT2D eigenvalue weighted by molar-refractivity contribution is -0.137. The molecule has 252 valence electrons. The Kier molecular flexibility index (Phi) is 10.3. The van der Waals surface area contributed by atoms with Gasteiger partial charge in [0.15, 0.2) is 0 Å². The monoisotopic (exact) mass is 687 g/mol. The maximum Gasteiger partial charge on any atom is 0.416 e. The Labute approximate surface area is 284 Å². The molecule has 6 rings (SSSR count). The van der Waals surface area contributed by atoms with Gasteiger partial charge in [-0.05, 0) is 79.0 Å². The van der Waals surface area contributed by atoms with Gasteiger partial charge in [0.1, 0.15) is 0 Å². The lowest BCUT2D eigenvalue weighted by atomic mass is 9.97. The van der Waals surface area contributed by atoms with Crippen molar-refractivity contribution in [2.45, 2.75) is 32.1 Å². The summed E-state index contributed by atoms with van der Waals surface area (Å²) >= 11 is 0.826. The fourth-order valence-electron chi connectivity index (χ4n) is 5.58. The molecule has 2 aliphatic rings. The molecule has 2 aromatic carbocycles. The van der Waals surface area contributed by atoms with Crippen LogP contribution in [0.15, 0.2) is 83.9 Å². The van der Waals surface area contributed by atoms with E-state index in [1.54, 1.807) is 42.6 Å². The van der Waals surface area contributed by atoms with E-state index in [2.05, 4.69) is 30.9 Å². The topological polar surface area (TPSA) is 129 Å². The summed E-state index contributed by atoms with van der Waals surface area (Å²) in [5, 5.41) is 7.93. The van der Waals surface area contributed by atoms with E-state index in [4.69, 9.17) is 0 Å². The lowest BCUT2D eigenvalue weighted by Crippen LogP contribution is -2.38. The Morgan fingerprint density at radius 1 is 0.980 bits per heavy atom. The molecule has 2 aliphatic heterocycles. The molecular formula is C35H32F3N7O3S. The number of rotatable bonds is 10. The summed E-state index contributed by atoms with van der Waals surface area (Å²) in [6.45, 7) is 2.42. The van der Waals surface area contributed by atoms with Crippen molar-refractivity contribution in [3.05, 3.63) is 112 Å². The predicted molar refractivity (Wildman–Crippen MR) is 180 cm³/mol. The first-order valence-electron chi connectivity index (χ1n) is 15.6. The van der Waals surface area contributed by atoms with E-state index >= 15 is 0 Å². The molecule has 0 unspecified atom stereocenters. The molecule has 3 N–H and O–H groups in total. The van der Waals surface area contributed by atoms with Crippen molar-refractivity contribution in [1.29, 1.82) is 0 Å². The molecule has 4 heterocycles. The first-order valence-corrected chi connectivity index (χ1v) is 16.5. The fourth-order valence-corrected chi connectivity index (χ4v) is 6.25. The summed E-state index contributed by atoms with van der Waals surface area (Å²) in [6.07, 6.45) is 0.221. The number of imide groups is 1. The van der Waals surface area contributed by atoms with Crippen LogP contribution in [-0.2, 0) is 24.1 Å². The molecule has 0 atom stereocenters. The third-order valence-electron chi connectivity index (χ3n) is 8.14. The van der Waals surface area contributed by atoms with Crippen molar-refractivity contribution in [2.24, 2.45) is 5.92 Å². The number of benzene rings is 2. The Bertz CT molecular complexity index is 1880. The SMILES string of the molecule is O=C1NC(=O)/C(=C/c2ccnc(N3CCC(CNCc4cc(C(F)(F)F)cc(-c5cccc(C(=O)NCc6ccccc6)c5)n4)CC3)n2)S1. The van der Waals surface area contributed by atoms with Crippen LogP contribution in [0.5, 0.6) is 0 Å². The van der Waals surface area contributed by atoms with Gasteiger partial charge in [-0.1, -0.05) is 42.5 Å². The summed E-state index contributed by atoms with van der Waals surface area (Å²) in [4.78, 5) is 51.9. The van der Waals surface area contributed by atoms with E-state index < -0.39 is 22.9 Å². The number of carbonyl (C=O) groups is 3. The molecule has 0 bridgehead atoms. The molecule has 2 saturated heterocycles. The van der Waals surface area contributed by atoms with Crippen LogP contribution in [0.25, 0.3) is 17.3 Å². The molecule has 0 aliphatic carbocycles. The highest BCUT2D eigenvalue weighted by Gasteiger charge is 2.32. The van der Waals surface area contributed by atoms with E-state index in [1.165, 1.54) is 0 Å². The summed E-state index contributed by atoms with van der Waals surface area (Å²) in [5.74, 6) is 0.0157. The van der Waals surface area contributed by atoms with Gasteiger partial charge in [-0.3, -0.25) is 24.7 Å². The number of hydrogen-bond acceptors (Lipinski definition) is 9. The maximum absolute atomic E-state index is 13.9. The smallest absolute Gasteiger partial charge is 0.348 e. The first-order chi connectivity index (χ1) is 23.6. The van der Waals surface area contributed by atoms with Gasteiger partial charge >= 0.3 is 6.18 Å². The highest BCUT2D eigenvalue weighted by atomic mass is 32.2. The second kappa shape index (κ2) is 15.0. The quantitative estimate of drug-likeness (QED) is 0.177. The minimum Gasteiger partial charge on any atom is -0.348 e. The normalized spacial score (nSPS) is 16.2. The van der Waals surface area contributed by atoms with Crippen LogP contribution >= 0.6 is 11.8 Å². The summed E-state index contributed by atoms with van der Waals surface area (Å²) in [7, 11) is 0. The molecule has 2 fully saturated rings. The summed E-state index contributed by atoms with van der Waals surface area (Å²) in [5.41, 5.74) is 1.76. The lowest BCUT2D eigenvalue weighted by Gasteiger charge is -2.32. The average Bonchev–Trinajstić information content (AvgIpc) is 3.43. The van der Waals surface area contributed by atoms with Gasteiger partial charge in [-0.25, -0.2) is 9.97 Å². The van der Waals surface area contributed by atoms with E-state index in [-0.39, 0.29) is 34.7 Å². The van der Waals surface area contributed by atoms with Crippen LogP contribution in [0.4, 0.5) is 23.9 Å². The van der Waals surface area contributed by atoms with Crippen LogP contribution in [0.1, 0.15) is 45.7 Å². The Hall–Kier alpha value is -5.08. The van der Waals surface area contributed by atoms with Crippen molar-refractivity contribution >= 4 is 40.8 Å². The van der Waals surface area contributed by atoms with Crippen LogP contribution in [0, 0.1) is 5.92 Å². The zero-order valence-electron chi connectivity index (χ0n) is 26.2. The number of halogens is 3. The molecule has 2 aromatic heterocycles. The zero-order valence-corrected chi connectivity index (χ0v) is 27.0. The average molecular weight is 688 g/mol. The number of nitrogens with one attached hydrogen (secondary N) is 3. The minimum absolute atomic E-state index is 0.134. The molecule has 0 radical (unpaired) electrons. The van der Waals surface area contributed by atoms with Crippen molar-refractivity contribution in [2.75, 3.05) is 24.5 Å². The number of nitrogens with zero attached hydrogens (tertiary/aromatic N) is 4. The zero-order chi connectivity index (χ0) is 34.4. The van der Waals surface area contributed by atoms with E-state index in [9.17, 15) is 27.6 Å². The van der Waals surface area contributed by atoms with Gasteiger partial charge in [0, 0.05) is 43.5 Å². The Morgan fingerprint density at radius 3 is 2.51 bits per heavy atom. The maximum atomic E-state index is 13.9. The third-order valence-corrected chi connectivity index (χ3v) is 8.95. The Balaban J connectivity index is 1.06. The number of alkyl halides is 3. The number of hydrogen-bond donors (Lipinski definition) is 3. The number of pyridine rings is 1. The molecule has 0 spiro atoms. The number of amides is 3. The van der Waals surface area contributed by atoms with E-state index in [0.717, 1.165) is 42.3 Å². The fraction of sp³-hybridized carbons (Fsp3) is 0.257. The number of carbonyl (C=O) groups excluding carboxylic acids is 3. The summed E-state index contributed by atoms with van der Waals surface area (Å²) in [6, 6.07) is 19.6. The number of piperidine rings is 1. The standard InChI is InChI=1S/C35H32F3N7O3S/c36-35(37,38)26-16-28(42-29(17-26)24-7-4-8-25(15-24)31(46)41-20-22-5-2-1-3-6-22)21-39-19-23-10-13-45(14-11-23)33-40-12-9-27(43-33)18-30-32(47)44-34(48)49-30/h1-9,12,15-18,23,39H,10-11,13-14,19-21H2,(H,41,46)(H,44,47,48)/b30-18-. The van der Waals surface area contributed by atoms with Crippen LogP contribution in [-0.4, -0.2) is 51.6 Å². The third kappa shape index (κ3) is 8.89. The summed E-state index contributed by atoms with van der Waals surface area (Å²) < 4.78 is 41.8. The molecule has 4 aromatic rings. The van der Waals surface area contributed by atoms with Crippen molar-refractivity contribution in [1.82, 2.24) is 30.9 Å². The minimum atomic E-state index is -4.57. The molecule has 0 saturated carbocycles. The van der Waals surface area contributed by atoms with Gasteiger partial charge in [0.2, 0.25) is 5.95 Å². The van der Waals surface area contributed by atoms with Crippen LogP contribution in [0.3, 0.4) is 0 Å². The number of aromatic nitrogens is 3. The van der Waals surface area contributed by atoms with Crippen LogP contribution < -0.4 is 20.9 Å². The van der Waals surface area contributed by atoms with Crippen molar-refractivity contribution in [3.63, 3.8) is 0 Å². The number of anilines is 1. The second-order valence-corrected chi connectivity index (χ2v) is 12.7. The largest absolute Gasteiger partial charge is 0.416 e. The van der Waals surface area contributed by atoms with E-state index in [0.29, 0.717) is 48.9 Å².